The van der Waals surface area contributed by atoms with Crippen LogP contribution >= 0.6 is 11.8 Å². The second-order valence-corrected chi connectivity index (χ2v) is 5.23. The summed E-state index contributed by atoms with van der Waals surface area (Å²) in [6.07, 6.45) is 11.2. The van der Waals surface area contributed by atoms with Gasteiger partial charge in [0.15, 0.2) is 0 Å². The number of hydrogen-bond acceptors (Lipinski definition) is 3. The van der Waals surface area contributed by atoms with E-state index >= 15 is 0 Å². The molecule has 0 aromatic carbocycles. The van der Waals surface area contributed by atoms with Crippen LogP contribution in [0.3, 0.4) is 0 Å². The zero-order valence-electron chi connectivity index (χ0n) is 9.15. The van der Waals surface area contributed by atoms with Crippen molar-refractivity contribution in [2.45, 2.75) is 37.0 Å². The van der Waals surface area contributed by atoms with E-state index in [4.69, 9.17) is 0 Å². The van der Waals surface area contributed by atoms with E-state index in [-0.39, 0.29) is 0 Å². The Hall–Kier alpha value is -0.700. The molecule has 1 saturated carbocycles. The average molecular weight is 222 g/mol. The fourth-order valence-corrected chi connectivity index (χ4v) is 2.87. The lowest BCUT2D eigenvalue weighted by Crippen LogP contribution is -2.26. The summed E-state index contributed by atoms with van der Waals surface area (Å²) in [4.78, 5) is 4.02. The number of rotatable bonds is 3. The summed E-state index contributed by atoms with van der Waals surface area (Å²) in [5.74, 6) is 0. The van der Waals surface area contributed by atoms with Gasteiger partial charge in [0.1, 0.15) is 0 Å². The van der Waals surface area contributed by atoms with E-state index in [1.165, 1.54) is 31.4 Å². The van der Waals surface area contributed by atoms with Gasteiger partial charge in [0.05, 0.1) is 0 Å². The summed E-state index contributed by atoms with van der Waals surface area (Å²) in [6, 6.07) is 4.75. The second-order valence-electron chi connectivity index (χ2n) is 4.09. The molecule has 0 spiro atoms. The highest BCUT2D eigenvalue weighted by Gasteiger charge is 2.19. The Labute approximate surface area is 95.9 Å². The molecule has 3 heteroatoms. The van der Waals surface area contributed by atoms with E-state index in [1.54, 1.807) is 0 Å². The van der Waals surface area contributed by atoms with Crippen molar-refractivity contribution in [3.63, 3.8) is 0 Å². The third kappa shape index (κ3) is 3.13. The average Bonchev–Trinajstić information content (AvgIpc) is 2.31. The zero-order chi connectivity index (χ0) is 10.5. The first-order chi connectivity index (χ1) is 7.38. The fraction of sp³-hybridized carbons (Fsp3) is 0.583. The second kappa shape index (κ2) is 5.40. The van der Waals surface area contributed by atoms with Gasteiger partial charge in [-0.25, -0.2) is 0 Å². The normalized spacial score (nSPS) is 26.2. The largest absolute Gasteiger partial charge is 0.382 e. The van der Waals surface area contributed by atoms with Crippen LogP contribution in [0.5, 0.6) is 0 Å². The highest BCUT2D eigenvalue weighted by molar-refractivity contribution is 7.99. The van der Waals surface area contributed by atoms with Gasteiger partial charge in [-0.15, -0.1) is 0 Å². The molecule has 82 valence electrons. The molecular weight excluding hydrogens is 204 g/mol. The van der Waals surface area contributed by atoms with E-state index in [2.05, 4.69) is 16.6 Å². The van der Waals surface area contributed by atoms with E-state index in [1.807, 2.05) is 36.3 Å². The Balaban J connectivity index is 1.82. The molecule has 1 aliphatic rings. The summed E-state index contributed by atoms with van der Waals surface area (Å²) >= 11 is 2.02. The molecule has 0 aliphatic heterocycles. The molecule has 0 bridgehead atoms. The minimum Gasteiger partial charge on any atom is -0.382 e. The van der Waals surface area contributed by atoms with E-state index in [0.717, 1.165) is 5.25 Å². The molecular formula is C12H18N2S. The van der Waals surface area contributed by atoms with E-state index in [9.17, 15) is 0 Å². The van der Waals surface area contributed by atoms with Crippen LogP contribution in [0.2, 0.25) is 0 Å². The minimum absolute atomic E-state index is 0.663. The van der Waals surface area contributed by atoms with Crippen molar-refractivity contribution in [2.75, 3.05) is 11.6 Å². The highest BCUT2D eigenvalue weighted by Crippen LogP contribution is 2.28. The molecule has 1 aromatic heterocycles. The van der Waals surface area contributed by atoms with Gasteiger partial charge in [-0.2, -0.15) is 11.8 Å². The lowest BCUT2D eigenvalue weighted by Gasteiger charge is -2.28. The summed E-state index contributed by atoms with van der Waals surface area (Å²) in [5, 5.41) is 4.47. The van der Waals surface area contributed by atoms with Crippen molar-refractivity contribution in [1.82, 2.24) is 4.98 Å². The van der Waals surface area contributed by atoms with Gasteiger partial charge >= 0.3 is 0 Å². The molecule has 0 saturated heterocycles. The highest BCUT2D eigenvalue weighted by atomic mass is 32.2. The van der Waals surface area contributed by atoms with Crippen LogP contribution < -0.4 is 5.32 Å². The molecule has 0 radical (unpaired) electrons. The van der Waals surface area contributed by atoms with Crippen LogP contribution in [0.4, 0.5) is 5.69 Å². The predicted molar refractivity (Wildman–Crippen MR) is 67.4 cm³/mol. The molecule has 2 rings (SSSR count). The maximum atomic E-state index is 4.02. The van der Waals surface area contributed by atoms with Crippen molar-refractivity contribution in [3.05, 3.63) is 24.5 Å². The summed E-state index contributed by atoms with van der Waals surface area (Å²) in [6.45, 7) is 0. The Morgan fingerprint density at radius 3 is 2.47 bits per heavy atom. The molecule has 0 amide bonds. The zero-order valence-corrected chi connectivity index (χ0v) is 9.96. The van der Waals surface area contributed by atoms with Crippen molar-refractivity contribution in [3.8, 4) is 0 Å². The van der Waals surface area contributed by atoms with Crippen molar-refractivity contribution >= 4 is 17.4 Å². The van der Waals surface area contributed by atoms with Gasteiger partial charge in [-0.05, 0) is 44.1 Å². The van der Waals surface area contributed by atoms with Gasteiger partial charge in [0, 0.05) is 29.4 Å². The Morgan fingerprint density at radius 2 is 1.87 bits per heavy atom. The summed E-state index contributed by atoms with van der Waals surface area (Å²) in [5.41, 5.74) is 1.21. The maximum Gasteiger partial charge on any atom is 0.0373 e. The topological polar surface area (TPSA) is 24.9 Å². The Bertz CT molecular complexity index is 281. The molecule has 1 fully saturated rings. The van der Waals surface area contributed by atoms with Crippen LogP contribution in [0.15, 0.2) is 24.5 Å². The molecule has 1 aliphatic carbocycles. The summed E-state index contributed by atoms with van der Waals surface area (Å²) < 4.78 is 0. The third-order valence-electron chi connectivity index (χ3n) is 3.06. The van der Waals surface area contributed by atoms with Gasteiger partial charge in [0.2, 0.25) is 0 Å². The monoisotopic (exact) mass is 222 g/mol. The van der Waals surface area contributed by atoms with Crippen LogP contribution in [0, 0.1) is 0 Å². The quantitative estimate of drug-likeness (QED) is 0.850. The van der Waals surface area contributed by atoms with Crippen LogP contribution in [-0.4, -0.2) is 22.5 Å². The molecule has 15 heavy (non-hydrogen) atoms. The lowest BCUT2D eigenvalue weighted by molar-refractivity contribution is 0.473. The molecule has 1 aromatic rings. The van der Waals surface area contributed by atoms with E-state index in [0.29, 0.717) is 6.04 Å². The van der Waals surface area contributed by atoms with Gasteiger partial charge in [-0.3, -0.25) is 4.98 Å². The number of aromatic nitrogens is 1. The molecule has 1 N–H and O–H groups in total. The Kier molecular flexibility index (Phi) is 3.89. The number of nitrogens with one attached hydrogen (secondary N) is 1. The first-order valence-electron chi connectivity index (χ1n) is 5.58. The van der Waals surface area contributed by atoms with Gasteiger partial charge < -0.3 is 5.32 Å². The predicted octanol–water partition coefficient (Wildman–Crippen LogP) is 3.17. The summed E-state index contributed by atoms with van der Waals surface area (Å²) in [7, 11) is 0. The van der Waals surface area contributed by atoms with Crippen molar-refractivity contribution < 1.29 is 0 Å². The minimum atomic E-state index is 0.663. The number of anilines is 1. The lowest BCUT2D eigenvalue weighted by atomic mass is 9.95. The standard InChI is InChI=1S/C12H18N2S/c1-15-12-4-2-10(3-5-12)14-11-6-8-13-9-7-11/h6-10,12H,2-5H2,1H3,(H,13,14). The van der Waals surface area contributed by atoms with Gasteiger partial charge in [-0.1, -0.05) is 0 Å². The first-order valence-corrected chi connectivity index (χ1v) is 6.86. The number of pyridine rings is 1. The molecule has 1 heterocycles. The van der Waals surface area contributed by atoms with Crippen LogP contribution in [0.25, 0.3) is 0 Å². The smallest absolute Gasteiger partial charge is 0.0373 e. The maximum absolute atomic E-state index is 4.02. The number of thioether (sulfide) groups is 1. The third-order valence-corrected chi connectivity index (χ3v) is 4.20. The first kappa shape index (κ1) is 10.8. The van der Waals surface area contributed by atoms with Crippen LogP contribution in [-0.2, 0) is 0 Å². The molecule has 0 atom stereocenters. The number of hydrogen-bond donors (Lipinski definition) is 1. The Morgan fingerprint density at radius 1 is 1.20 bits per heavy atom. The fourth-order valence-electron chi connectivity index (χ4n) is 2.13. The van der Waals surface area contributed by atoms with Crippen molar-refractivity contribution in [1.29, 1.82) is 0 Å². The molecule has 2 nitrogen and oxygen atoms in total. The molecule has 0 unspecified atom stereocenters. The SMILES string of the molecule is CSC1CCC(Nc2ccncc2)CC1. The van der Waals surface area contributed by atoms with E-state index < -0.39 is 0 Å². The number of nitrogens with zero attached hydrogens (tertiary/aromatic N) is 1. The van der Waals surface area contributed by atoms with Crippen molar-refractivity contribution in [2.24, 2.45) is 0 Å². The van der Waals surface area contributed by atoms with Gasteiger partial charge in [0.25, 0.3) is 0 Å². The van der Waals surface area contributed by atoms with Crippen LogP contribution in [0.1, 0.15) is 25.7 Å².